The zero-order chi connectivity index (χ0) is 15.5. The molecule has 0 aliphatic carbocycles. The number of nitrogens with zero attached hydrogens (tertiary/aromatic N) is 2. The molecular formula is C17H19ClN2O2. The fourth-order valence-corrected chi connectivity index (χ4v) is 2.80. The summed E-state index contributed by atoms with van der Waals surface area (Å²) in [7, 11) is 1.76. The van der Waals surface area contributed by atoms with Crippen LogP contribution in [0.1, 0.15) is 17.2 Å². The van der Waals surface area contributed by atoms with E-state index < -0.39 is 0 Å². The molecule has 2 heterocycles. The molecule has 4 nitrogen and oxygen atoms in total. The number of rotatable bonds is 3. The Morgan fingerprint density at radius 3 is 2.77 bits per heavy atom. The van der Waals surface area contributed by atoms with Gasteiger partial charge in [0, 0.05) is 44.0 Å². The summed E-state index contributed by atoms with van der Waals surface area (Å²) in [6.07, 6.45) is 1.87. The van der Waals surface area contributed by atoms with Crippen LogP contribution in [0.15, 0.2) is 47.4 Å². The van der Waals surface area contributed by atoms with Crippen molar-refractivity contribution in [2.75, 3.05) is 19.7 Å². The van der Waals surface area contributed by atoms with Crippen molar-refractivity contribution in [1.82, 2.24) is 9.47 Å². The Bertz CT molecular complexity index is 697. The lowest BCUT2D eigenvalue weighted by Gasteiger charge is -2.33. The van der Waals surface area contributed by atoms with E-state index in [0.717, 1.165) is 35.8 Å². The molecule has 0 saturated carbocycles. The minimum Gasteiger partial charge on any atom is -0.371 e. The van der Waals surface area contributed by atoms with Crippen molar-refractivity contribution in [3.8, 4) is 0 Å². The molecule has 1 fully saturated rings. The third-order valence-electron chi connectivity index (χ3n) is 3.97. The van der Waals surface area contributed by atoms with Crippen LogP contribution in [0, 0.1) is 0 Å². The van der Waals surface area contributed by atoms with Crippen LogP contribution in [0.4, 0.5) is 0 Å². The Morgan fingerprint density at radius 1 is 1.27 bits per heavy atom. The van der Waals surface area contributed by atoms with Gasteiger partial charge in [0.15, 0.2) is 0 Å². The molecule has 0 unspecified atom stereocenters. The highest BCUT2D eigenvalue weighted by atomic mass is 35.5. The highest BCUT2D eigenvalue weighted by molar-refractivity contribution is 6.30. The molecule has 5 heteroatoms. The number of aromatic nitrogens is 1. The van der Waals surface area contributed by atoms with Crippen molar-refractivity contribution in [3.05, 3.63) is 69.1 Å². The lowest BCUT2D eigenvalue weighted by molar-refractivity contribution is -0.0329. The zero-order valence-corrected chi connectivity index (χ0v) is 13.3. The van der Waals surface area contributed by atoms with Gasteiger partial charge in [-0.05, 0) is 29.3 Å². The van der Waals surface area contributed by atoms with E-state index in [4.69, 9.17) is 16.3 Å². The molecule has 1 aliphatic heterocycles. The second kappa shape index (κ2) is 6.65. The lowest BCUT2D eigenvalue weighted by atomic mass is 10.1. The first-order chi connectivity index (χ1) is 10.6. The summed E-state index contributed by atoms with van der Waals surface area (Å²) >= 11 is 5.93. The van der Waals surface area contributed by atoms with Crippen LogP contribution in [0.2, 0.25) is 5.02 Å². The van der Waals surface area contributed by atoms with Crippen LogP contribution in [0.5, 0.6) is 0 Å². The van der Waals surface area contributed by atoms with Gasteiger partial charge in [-0.2, -0.15) is 0 Å². The predicted molar refractivity (Wildman–Crippen MR) is 87.1 cm³/mol. The second-order valence-corrected chi connectivity index (χ2v) is 6.07. The van der Waals surface area contributed by atoms with Gasteiger partial charge in [-0.3, -0.25) is 9.69 Å². The quantitative estimate of drug-likeness (QED) is 0.872. The maximum Gasteiger partial charge on any atom is 0.250 e. The fourth-order valence-electron chi connectivity index (χ4n) is 2.67. The number of morpholine rings is 1. The van der Waals surface area contributed by atoms with Crippen molar-refractivity contribution in [1.29, 1.82) is 0 Å². The summed E-state index contributed by atoms with van der Waals surface area (Å²) in [5.74, 6) is 0. The van der Waals surface area contributed by atoms with Crippen molar-refractivity contribution < 1.29 is 4.74 Å². The number of ether oxygens (including phenoxy) is 1. The van der Waals surface area contributed by atoms with Gasteiger partial charge in [-0.1, -0.05) is 23.7 Å². The zero-order valence-electron chi connectivity index (χ0n) is 12.5. The first-order valence-corrected chi connectivity index (χ1v) is 7.74. The van der Waals surface area contributed by atoms with E-state index >= 15 is 0 Å². The number of pyridine rings is 1. The number of halogens is 1. The van der Waals surface area contributed by atoms with Crippen molar-refractivity contribution in [2.45, 2.75) is 12.6 Å². The molecule has 0 amide bonds. The Kier molecular flexibility index (Phi) is 4.62. The van der Waals surface area contributed by atoms with Gasteiger partial charge in [0.2, 0.25) is 0 Å². The topological polar surface area (TPSA) is 34.5 Å². The first kappa shape index (κ1) is 15.3. The summed E-state index contributed by atoms with van der Waals surface area (Å²) in [4.78, 5) is 14.0. The molecule has 0 spiro atoms. The third-order valence-corrected chi connectivity index (χ3v) is 4.22. The monoisotopic (exact) mass is 318 g/mol. The van der Waals surface area contributed by atoms with Crippen LogP contribution in [-0.2, 0) is 18.3 Å². The van der Waals surface area contributed by atoms with Gasteiger partial charge >= 0.3 is 0 Å². The molecule has 1 saturated heterocycles. The number of benzene rings is 1. The fraction of sp³-hybridized carbons (Fsp3) is 0.353. The summed E-state index contributed by atoms with van der Waals surface area (Å²) < 4.78 is 7.45. The van der Waals surface area contributed by atoms with E-state index in [1.54, 1.807) is 17.7 Å². The molecule has 1 aromatic heterocycles. The van der Waals surface area contributed by atoms with Crippen LogP contribution in [0.25, 0.3) is 0 Å². The van der Waals surface area contributed by atoms with Gasteiger partial charge in [0.25, 0.3) is 5.56 Å². The molecule has 1 atom stereocenters. The average Bonchev–Trinajstić information content (AvgIpc) is 2.52. The Labute approximate surface area is 134 Å². The SMILES string of the molecule is Cn1ccc(CN2CCO[C@@H](c3ccc(Cl)cc3)C2)cc1=O. The Balaban J connectivity index is 1.68. The molecule has 0 N–H and O–H groups in total. The van der Waals surface area contributed by atoms with Crippen molar-refractivity contribution in [3.63, 3.8) is 0 Å². The summed E-state index contributed by atoms with van der Waals surface area (Å²) in [6, 6.07) is 11.5. The Hall–Kier alpha value is -1.62. The minimum absolute atomic E-state index is 0.0278. The van der Waals surface area contributed by atoms with Crippen LogP contribution in [-0.4, -0.2) is 29.2 Å². The minimum atomic E-state index is 0.0278. The molecule has 116 valence electrons. The van der Waals surface area contributed by atoms with E-state index in [1.165, 1.54) is 0 Å². The van der Waals surface area contributed by atoms with Gasteiger partial charge in [-0.15, -0.1) is 0 Å². The molecule has 22 heavy (non-hydrogen) atoms. The highest BCUT2D eigenvalue weighted by Gasteiger charge is 2.22. The van der Waals surface area contributed by atoms with Crippen LogP contribution in [0.3, 0.4) is 0 Å². The molecule has 0 radical (unpaired) electrons. The molecule has 1 aromatic carbocycles. The van der Waals surface area contributed by atoms with Crippen molar-refractivity contribution >= 4 is 11.6 Å². The summed E-state index contributed by atoms with van der Waals surface area (Å²) in [5.41, 5.74) is 2.21. The van der Waals surface area contributed by atoms with Gasteiger partial charge < -0.3 is 9.30 Å². The van der Waals surface area contributed by atoms with Crippen molar-refractivity contribution in [2.24, 2.45) is 7.05 Å². The highest BCUT2D eigenvalue weighted by Crippen LogP contribution is 2.24. The van der Waals surface area contributed by atoms with E-state index in [0.29, 0.717) is 6.61 Å². The molecule has 3 rings (SSSR count). The predicted octanol–water partition coefficient (Wildman–Crippen LogP) is 2.61. The largest absolute Gasteiger partial charge is 0.371 e. The second-order valence-electron chi connectivity index (χ2n) is 5.63. The van der Waals surface area contributed by atoms with Gasteiger partial charge in [0.05, 0.1) is 12.7 Å². The van der Waals surface area contributed by atoms with Crippen LogP contribution >= 0.6 is 11.6 Å². The normalized spacial score (nSPS) is 19.3. The van der Waals surface area contributed by atoms with Gasteiger partial charge in [-0.25, -0.2) is 0 Å². The maximum absolute atomic E-state index is 11.7. The molecular weight excluding hydrogens is 300 g/mol. The third kappa shape index (κ3) is 3.58. The van der Waals surface area contributed by atoms with E-state index in [1.807, 2.05) is 36.5 Å². The smallest absolute Gasteiger partial charge is 0.250 e. The van der Waals surface area contributed by atoms with E-state index in [2.05, 4.69) is 4.90 Å². The average molecular weight is 319 g/mol. The first-order valence-electron chi connectivity index (χ1n) is 7.37. The van der Waals surface area contributed by atoms with E-state index in [-0.39, 0.29) is 11.7 Å². The Morgan fingerprint density at radius 2 is 2.05 bits per heavy atom. The van der Waals surface area contributed by atoms with Crippen LogP contribution < -0.4 is 5.56 Å². The number of hydrogen-bond donors (Lipinski definition) is 0. The number of aryl methyl sites for hydroxylation is 1. The molecule has 1 aliphatic rings. The molecule has 2 aromatic rings. The lowest BCUT2D eigenvalue weighted by Crippen LogP contribution is -2.38. The standard InChI is InChI=1S/C17H19ClN2O2/c1-19-7-6-13(10-17(19)21)11-20-8-9-22-16(12-20)14-2-4-15(18)5-3-14/h2-7,10,16H,8-9,11-12H2,1H3/t16-/m1/s1. The maximum atomic E-state index is 11.7. The summed E-state index contributed by atoms with van der Waals surface area (Å²) in [6.45, 7) is 3.15. The molecule has 0 bridgehead atoms. The number of hydrogen-bond acceptors (Lipinski definition) is 3. The van der Waals surface area contributed by atoms with Gasteiger partial charge in [0.1, 0.15) is 0 Å². The van der Waals surface area contributed by atoms with E-state index in [9.17, 15) is 4.79 Å². The summed E-state index contributed by atoms with van der Waals surface area (Å²) in [5, 5.41) is 0.733.